The van der Waals surface area contributed by atoms with Gasteiger partial charge in [-0.3, -0.25) is 9.59 Å². The van der Waals surface area contributed by atoms with E-state index in [0.717, 1.165) is 18.4 Å². The summed E-state index contributed by atoms with van der Waals surface area (Å²) in [5.41, 5.74) is 1.79. The van der Waals surface area contributed by atoms with Crippen LogP contribution in [0.15, 0.2) is 53.4 Å². The lowest BCUT2D eigenvalue weighted by Gasteiger charge is -2.28. The molecule has 1 saturated carbocycles. The molecule has 7 nitrogen and oxygen atoms in total. The zero-order chi connectivity index (χ0) is 24.0. The van der Waals surface area contributed by atoms with Crippen LogP contribution in [0.5, 0.6) is 0 Å². The highest BCUT2D eigenvalue weighted by atomic mass is 35.5. The van der Waals surface area contributed by atoms with Gasteiger partial charge in [0.05, 0.1) is 4.90 Å². The van der Waals surface area contributed by atoms with Crippen LogP contribution in [0, 0.1) is 18.8 Å². The number of hydrogen-bond acceptors (Lipinski definition) is 4. The Labute approximate surface area is 200 Å². The standard InChI is InChI=1S/C24H30ClN3O4S/c1-16-3-11-21(12-4-16)28-23(29)17(2)27-24(30)19-7-5-18(6-8-19)15-26-33(31,32)22-13-9-20(25)10-14-22/h3-4,9-14,17-19,26H,5-8,15H2,1-2H3,(H,27,30)(H,28,29). The highest BCUT2D eigenvalue weighted by Crippen LogP contribution is 2.29. The van der Waals surface area contributed by atoms with Gasteiger partial charge in [0.15, 0.2) is 0 Å². The van der Waals surface area contributed by atoms with Crippen LogP contribution >= 0.6 is 11.6 Å². The number of anilines is 1. The molecule has 178 valence electrons. The molecule has 3 rings (SSSR count). The lowest BCUT2D eigenvalue weighted by Crippen LogP contribution is -2.45. The molecule has 0 saturated heterocycles. The fourth-order valence-corrected chi connectivity index (χ4v) is 5.08. The maximum Gasteiger partial charge on any atom is 0.246 e. The Balaban J connectivity index is 1.42. The zero-order valence-electron chi connectivity index (χ0n) is 18.8. The Morgan fingerprint density at radius 3 is 2.21 bits per heavy atom. The summed E-state index contributed by atoms with van der Waals surface area (Å²) in [6.45, 7) is 3.96. The average Bonchev–Trinajstić information content (AvgIpc) is 2.80. The van der Waals surface area contributed by atoms with Gasteiger partial charge in [0, 0.05) is 23.2 Å². The summed E-state index contributed by atoms with van der Waals surface area (Å²) < 4.78 is 27.5. The normalized spacial score (nSPS) is 19.5. The van der Waals surface area contributed by atoms with Crippen molar-refractivity contribution in [3.8, 4) is 0 Å². The number of carbonyl (C=O) groups is 2. The molecule has 1 aliphatic rings. The van der Waals surface area contributed by atoms with Gasteiger partial charge in [0.1, 0.15) is 6.04 Å². The minimum atomic E-state index is -3.59. The third-order valence-corrected chi connectivity index (χ3v) is 7.67. The van der Waals surface area contributed by atoms with E-state index in [0.29, 0.717) is 30.1 Å². The maximum absolute atomic E-state index is 12.6. The number of benzene rings is 2. The van der Waals surface area contributed by atoms with Gasteiger partial charge in [0.2, 0.25) is 21.8 Å². The summed E-state index contributed by atoms with van der Waals surface area (Å²) in [7, 11) is -3.59. The predicted molar refractivity (Wildman–Crippen MR) is 130 cm³/mol. The Bertz CT molecular complexity index is 1060. The molecule has 33 heavy (non-hydrogen) atoms. The third-order valence-electron chi connectivity index (χ3n) is 5.97. The molecule has 2 aromatic rings. The van der Waals surface area contributed by atoms with Crippen LogP contribution in [0.25, 0.3) is 0 Å². The van der Waals surface area contributed by atoms with Crippen molar-refractivity contribution in [2.24, 2.45) is 11.8 Å². The summed E-state index contributed by atoms with van der Waals surface area (Å²) in [6.07, 6.45) is 2.80. The smallest absolute Gasteiger partial charge is 0.246 e. The van der Waals surface area contributed by atoms with Crippen molar-refractivity contribution in [3.63, 3.8) is 0 Å². The number of carbonyl (C=O) groups excluding carboxylic acids is 2. The highest BCUT2D eigenvalue weighted by Gasteiger charge is 2.29. The van der Waals surface area contributed by atoms with Gasteiger partial charge in [-0.1, -0.05) is 29.3 Å². The van der Waals surface area contributed by atoms with Gasteiger partial charge < -0.3 is 10.6 Å². The van der Waals surface area contributed by atoms with Crippen LogP contribution in [0.1, 0.15) is 38.2 Å². The SMILES string of the molecule is Cc1ccc(NC(=O)C(C)NC(=O)C2CCC(CNS(=O)(=O)c3ccc(Cl)cc3)CC2)cc1. The minimum Gasteiger partial charge on any atom is -0.344 e. The molecule has 1 unspecified atom stereocenters. The van der Waals surface area contributed by atoms with Crippen LogP contribution in [-0.2, 0) is 19.6 Å². The van der Waals surface area contributed by atoms with Crippen molar-refractivity contribution < 1.29 is 18.0 Å². The van der Waals surface area contributed by atoms with Crippen molar-refractivity contribution in [1.29, 1.82) is 0 Å². The Kier molecular flexibility index (Phi) is 8.51. The van der Waals surface area contributed by atoms with E-state index in [1.165, 1.54) is 12.1 Å². The van der Waals surface area contributed by atoms with Crippen molar-refractivity contribution in [2.75, 3.05) is 11.9 Å². The first-order valence-corrected chi connectivity index (χ1v) is 12.9. The zero-order valence-corrected chi connectivity index (χ0v) is 20.4. The first-order chi connectivity index (χ1) is 15.6. The summed E-state index contributed by atoms with van der Waals surface area (Å²) in [5, 5.41) is 6.09. The Morgan fingerprint density at radius 2 is 1.61 bits per heavy atom. The molecule has 2 aromatic carbocycles. The van der Waals surface area contributed by atoms with Gasteiger partial charge >= 0.3 is 0 Å². The lowest BCUT2D eigenvalue weighted by atomic mass is 9.81. The molecular weight excluding hydrogens is 462 g/mol. The third kappa shape index (κ3) is 7.28. The van der Waals surface area contributed by atoms with E-state index in [4.69, 9.17) is 11.6 Å². The molecule has 0 bridgehead atoms. The second-order valence-corrected chi connectivity index (χ2v) is 10.8. The van der Waals surface area contributed by atoms with E-state index >= 15 is 0 Å². The Morgan fingerprint density at radius 1 is 1.00 bits per heavy atom. The number of amides is 2. The fraction of sp³-hybridized carbons (Fsp3) is 0.417. The second-order valence-electron chi connectivity index (χ2n) is 8.61. The van der Waals surface area contributed by atoms with E-state index in [-0.39, 0.29) is 28.5 Å². The van der Waals surface area contributed by atoms with Crippen LogP contribution in [0.4, 0.5) is 5.69 Å². The Hall–Kier alpha value is -2.42. The minimum absolute atomic E-state index is 0.137. The number of sulfonamides is 1. The summed E-state index contributed by atoms with van der Waals surface area (Å²) in [5.74, 6) is -0.415. The first-order valence-electron chi connectivity index (χ1n) is 11.1. The monoisotopic (exact) mass is 491 g/mol. The van der Waals surface area contributed by atoms with Gasteiger partial charge in [0.25, 0.3) is 0 Å². The van der Waals surface area contributed by atoms with E-state index < -0.39 is 16.1 Å². The molecule has 1 fully saturated rings. The van der Waals surface area contributed by atoms with E-state index in [2.05, 4.69) is 15.4 Å². The van der Waals surface area contributed by atoms with Crippen LogP contribution in [-0.4, -0.2) is 32.8 Å². The predicted octanol–water partition coefficient (Wildman–Crippen LogP) is 3.88. The summed E-state index contributed by atoms with van der Waals surface area (Å²) in [4.78, 5) is 25.2. The molecule has 3 N–H and O–H groups in total. The van der Waals surface area contributed by atoms with Gasteiger partial charge in [-0.05, 0) is 81.8 Å². The van der Waals surface area contributed by atoms with E-state index in [9.17, 15) is 18.0 Å². The van der Waals surface area contributed by atoms with Crippen molar-refractivity contribution in [1.82, 2.24) is 10.0 Å². The quantitative estimate of drug-likeness (QED) is 0.521. The van der Waals surface area contributed by atoms with Gasteiger partial charge in [-0.25, -0.2) is 13.1 Å². The van der Waals surface area contributed by atoms with Crippen LogP contribution in [0.2, 0.25) is 5.02 Å². The van der Waals surface area contributed by atoms with Gasteiger partial charge in [-0.2, -0.15) is 0 Å². The molecule has 0 aromatic heterocycles. The molecule has 2 amide bonds. The molecular formula is C24H30ClN3O4S. The molecule has 0 radical (unpaired) electrons. The van der Waals surface area contributed by atoms with Crippen LogP contribution < -0.4 is 15.4 Å². The molecule has 1 aliphatic carbocycles. The van der Waals surface area contributed by atoms with Gasteiger partial charge in [-0.15, -0.1) is 0 Å². The fourth-order valence-electron chi connectivity index (χ4n) is 3.84. The maximum atomic E-state index is 12.6. The number of hydrogen-bond donors (Lipinski definition) is 3. The number of halogens is 1. The van der Waals surface area contributed by atoms with E-state index in [1.807, 2.05) is 31.2 Å². The summed E-state index contributed by atoms with van der Waals surface area (Å²) >= 11 is 5.82. The van der Waals surface area contributed by atoms with Crippen molar-refractivity contribution >= 4 is 39.1 Å². The largest absolute Gasteiger partial charge is 0.344 e. The average molecular weight is 492 g/mol. The molecule has 0 aliphatic heterocycles. The number of nitrogens with one attached hydrogen (secondary N) is 3. The lowest BCUT2D eigenvalue weighted by molar-refractivity contribution is -0.129. The molecule has 0 heterocycles. The van der Waals surface area contributed by atoms with Crippen molar-refractivity contribution in [3.05, 3.63) is 59.1 Å². The molecule has 1 atom stereocenters. The van der Waals surface area contributed by atoms with Crippen molar-refractivity contribution in [2.45, 2.75) is 50.5 Å². The summed E-state index contributed by atoms with van der Waals surface area (Å²) in [6, 6.07) is 12.9. The highest BCUT2D eigenvalue weighted by molar-refractivity contribution is 7.89. The van der Waals surface area contributed by atoms with E-state index in [1.54, 1.807) is 19.1 Å². The van der Waals surface area contributed by atoms with Crippen LogP contribution in [0.3, 0.4) is 0 Å². The molecule has 9 heteroatoms. The molecule has 0 spiro atoms. The number of rotatable bonds is 8. The number of aryl methyl sites for hydroxylation is 1. The first kappa shape index (κ1) is 25.2. The second kappa shape index (κ2) is 11.1. The topological polar surface area (TPSA) is 104 Å².